The number of carbonyl (C=O) groups excluding carboxylic acids is 2. The highest BCUT2D eigenvalue weighted by atomic mass is 16.5. The van der Waals surface area contributed by atoms with Crippen molar-refractivity contribution in [2.24, 2.45) is 0 Å². The standard InChI is InChI=1S/C30H34N6O4/c37-23-9-13-33(14-10-23)20-27(38)35-15-11-30-25-7-1-2-8-26(25)36(29(30)39)19-22-18-34(32-31-22)12-4-16-40-24-6-3-5-21(17-24)28(30)35/h1-3,5-8,17-18,23,28,37H,4,9-16,19-20H2/t28-,30-/m1/s1. The number of hydrogen-bond acceptors (Lipinski definition) is 7. The number of amides is 2. The summed E-state index contributed by atoms with van der Waals surface area (Å²) < 4.78 is 7.93. The van der Waals surface area contributed by atoms with E-state index in [1.165, 1.54) is 0 Å². The Labute approximate surface area is 233 Å². The molecule has 0 aliphatic carbocycles. The number of para-hydroxylation sites is 1. The fourth-order valence-electron chi connectivity index (χ4n) is 7.01. The van der Waals surface area contributed by atoms with E-state index in [-0.39, 0.29) is 24.5 Å². The normalized spacial score (nSPS) is 25.1. The molecule has 3 aromatic rings. The number of aromatic nitrogens is 3. The van der Waals surface area contributed by atoms with Gasteiger partial charge in [-0.2, -0.15) is 0 Å². The number of benzene rings is 2. The van der Waals surface area contributed by atoms with Crippen molar-refractivity contribution < 1.29 is 19.4 Å². The highest BCUT2D eigenvalue weighted by Crippen LogP contribution is 2.57. The van der Waals surface area contributed by atoms with Gasteiger partial charge >= 0.3 is 0 Å². The minimum Gasteiger partial charge on any atom is -0.494 e. The van der Waals surface area contributed by atoms with Crippen molar-refractivity contribution in [2.45, 2.75) is 56.3 Å². The van der Waals surface area contributed by atoms with Crippen LogP contribution in [0.4, 0.5) is 5.69 Å². The second-order valence-electron chi connectivity index (χ2n) is 11.4. The number of aliphatic hydroxyl groups excluding tert-OH is 1. The number of aryl methyl sites for hydroxylation is 1. The van der Waals surface area contributed by atoms with Crippen LogP contribution in [0, 0.1) is 0 Å². The highest BCUT2D eigenvalue weighted by Gasteiger charge is 2.61. The van der Waals surface area contributed by atoms with E-state index in [9.17, 15) is 14.7 Å². The van der Waals surface area contributed by atoms with Crippen molar-refractivity contribution in [1.29, 1.82) is 0 Å². The summed E-state index contributed by atoms with van der Waals surface area (Å²) in [5.74, 6) is 0.724. The first-order valence-electron chi connectivity index (χ1n) is 14.3. The first-order valence-corrected chi connectivity index (χ1v) is 14.3. The zero-order valence-corrected chi connectivity index (χ0v) is 22.5. The van der Waals surface area contributed by atoms with Crippen LogP contribution in [0.3, 0.4) is 0 Å². The predicted molar refractivity (Wildman–Crippen MR) is 147 cm³/mol. The molecule has 0 radical (unpaired) electrons. The fraction of sp³-hybridized carbons (Fsp3) is 0.467. The Morgan fingerprint density at radius 1 is 1.07 bits per heavy atom. The van der Waals surface area contributed by atoms with Crippen LogP contribution in [0.15, 0.2) is 54.7 Å². The molecule has 10 nitrogen and oxygen atoms in total. The number of anilines is 1. The van der Waals surface area contributed by atoms with Crippen LogP contribution in [0.1, 0.15) is 48.5 Å². The number of carbonyl (C=O) groups is 2. The lowest BCUT2D eigenvalue weighted by Crippen LogP contribution is -2.48. The summed E-state index contributed by atoms with van der Waals surface area (Å²) in [4.78, 5) is 34.5. The first-order chi connectivity index (χ1) is 19.5. The molecular weight excluding hydrogens is 508 g/mol. The van der Waals surface area contributed by atoms with Gasteiger partial charge in [0.05, 0.1) is 38.0 Å². The van der Waals surface area contributed by atoms with Crippen LogP contribution >= 0.6 is 0 Å². The molecule has 40 heavy (non-hydrogen) atoms. The molecule has 5 heterocycles. The number of likely N-dealkylation sites (tertiary alicyclic amines) is 2. The van der Waals surface area contributed by atoms with E-state index >= 15 is 0 Å². The molecule has 0 unspecified atom stereocenters. The molecule has 2 atom stereocenters. The number of hydrogen-bond donors (Lipinski definition) is 1. The maximum atomic E-state index is 14.7. The molecule has 4 aliphatic heterocycles. The number of rotatable bonds is 2. The Bertz CT molecular complexity index is 1430. The second kappa shape index (κ2) is 10.0. The molecule has 2 aromatic carbocycles. The molecule has 2 fully saturated rings. The van der Waals surface area contributed by atoms with Gasteiger partial charge in [-0.3, -0.25) is 19.2 Å². The average molecular weight is 543 g/mol. The van der Waals surface area contributed by atoms with Crippen LogP contribution in [0.5, 0.6) is 5.75 Å². The van der Waals surface area contributed by atoms with Gasteiger partial charge in [-0.15, -0.1) is 5.10 Å². The van der Waals surface area contributed by atoms with E-state index in [2.05, 4.69) is 15.2 Å². The van der Waals surface area contributed by atoms with Crippen molar-refractivity contribution in [3.05, 3.63) is 71.5 Å². The summed E-state index contributed by atoms with van der Waals surface area (Å²) in [6, 6.07) is 15.4. The van der Waals surface area contributed by atoms with Gasteiger partial charge in [-0.25, -0.2) is 0 Å². The molecule has 10 heteroatoms. The van der Waals surface area contributed by atoms with E-state index in [1.54, 1.807) is 4.68 Å². The molecule has 6 bridgehead atoms. The van der Waals surface area contributed by atoms with Crippen LogP contribution in [0.25, 0.3) is 0 Å². The Morgan fingerprint density at radius 2 is 1.93 bits per heavy atom. The SMILES string of the molecule is O=C(CN1CCC(O)CC1)N1CC[C@]23C(=O)N(Cc4cn(nn4)CCCOc4cccc(c4)[C@@H]12)c1ccccc13. The topological polar surface area (TPSA) is 104 Å². The molecule has 2 amide bonds. The lowest BCUT2D eigenvalue weighted by atomic mass is 9.72. The summed E-state index contributed by atoms with van der Waals surface area (Å²) in [5.41, 5.74) is 2.53. The van der Waals surface area contributed by atoms with E-state index in [1.807, 2.05) is 64.5 Å². The molecular formula is C30H34N6O4. The summed E-state index contributed by atoms with van der Waals surface area (Å²) in [5, 5.41) is 18.6. The number of aliphatic hydroxyl groups is 1. The lowest BCUT2D eigenvalue weighted by Gasteiger charge is -2.37. The van der Waals surface area contributed by atoms with Gasteiger partial charge in [0.2, 0.25) is 11.8 Å². The highest BCUT2D eigenvalue weighted by molar-refractivity contribution is 6.09. The minimum absolute atomic E-state index is 0.00848. The van der Waals surface area contributed by atoms with Crippen molar-refractivity contribution in [3.63, 3.8) is 0 Å². The number of nitrogens with zero attached hydrogens (tertiary/aromatic N) is 6. The zero-order valence-electron chi connectivity index (χ0n) is 22.5. The largest absolute Gasteiger partial charge is 0.494 e. The van der Waals surface area contributed by atoms with E-state index < -0.39 is 11.5 Å². The first kappa shape index (κ1) is 25.2. The van der Waals surface area contributed by atoms with Crippen molar-refractivity contribution in [3.8, 4) is 5.75 Å². The maximum absolute atomic E-state index is 14.7. The molecule has 7 rings (SSSR count). The van der Waals surface area contributed by atoms with Gasteiger partial charge in [-0.05, 0) is 48.6 Å². The van der Waals surface area contributed by atoms with Crippen molar-refractivity contribution in [1.82, 2.24) is 24.8 Å². The van der Waals surface area contributed by atoms with Gasteiger partial charge in [0, 0.05) is 38.3 Å². The Kier molecular flexibility index (Phi) is 6.31. The molecule has 4 aliphatic rings. The van der Waals surface area contributed by atoms with E-state index in [4.69, 9.17) is 4.74 Å². The van der Waals surface area contributed by atoms with Crippen LogP contribution < -0.4 is 9.64 Å². The number of piperidine rings is 1. The third kappa shape index (κ3) is 4.17. The molecule has 1 aromatic heterocycles. The van der Waals surface area contributed by atoms with Gasteiger partial charge in [-0.1, -0.05) is 35.5 Å². The molecule has 208 valence electrons. The van der Waals surface area contributed by atoms with Crippen LogP contribution in [0.2, 0.25) is 0 Å². The van der Waals surface area contributed by atoms with Crippen molar-refractivity contribution in [2.75, 3.05) is 37.7 Å². The summed E-state index contributed by atoms with van der Waals surface area (Å²) in [6.45, 7) is 3.65. The third-order valence-electron chi connectivity index (χ3n) is 8.94. The Balaban J connectivity index is 1.33. The third-order valence-corrected chi connectivity index (χ3v) is 8.94. The minimum atomic E-state index is -0.918. The quantitative estimate of drug-likeness (QED) is 0.530. The Hall–Kier alpha value is -3.76. The van der Waals surface area contributed by atoms with Gasteiger partial charge < -0.3 is 19.6 Å². The summed E-state index contributed by atoms with van der Waals surface area (Å²) in [6.07, 6.45) is 4.25. The zero-order chi connectivity index (χ0) is 27.3. The fourth-order valence-corrected chi connectivity index (χ4v) is 7.01. The maximum Gasteiger partial charge on any atom is 0.240 e. The lowest BCUT2D eigenvalue weighted by molar-refractivity contribution is -0.135. The summed E-state index contributed by atoms with van der Waals surface area (Å²) in [7, 11) is 0. The van der Waals surface area contributed by atoms with E-state index in [0.717, 1.165) is 34.7 Å². The number of ether oxygens (including phenoxy) is 1. The molecule has 1 spiro atoms. The van der Waals surface area contributed by atoms with Gasteiger partial charge in [0.15, 0.2) is 0 Å². The smallest absolute Gasteiger partial charge is 0.240 e. The molecule has 2 saturated heterocycles. The second-order valence-corrected chi connectivity index (χ2v) is 11.4. The van der Waals surface area contributed by atoms with Crippen LogP contribution in [-0.4, -0.2) is 80.6 Å². The molecule has 1 N–H and O–H groups in total. The Morgan fingerprint density at radius 3 is 2.80 bits per heavy atom. The van der Waals surface area contributed by atoms with Gasteiger partial charge in [0.25, 0.3) is 0 Å². The van der Waals surface area contributed by atoms with E-state index in [0.29, 0.717) is 58.6 Å². The predicted octanol–water partition coefficient (Wildman–Crippen LogP) is 2.28. The van der Waals surface area contributed by atoms with Crippen LogP contribution in [-0.2, 0) is 28.1 Å². The average Bonchev–Trinajstić information content (AvgIpc) is 3.65. The monoisotopic (exact) mass is 542 g/mol. The number of fused-ring (bicyclic) bond motifs is 8. The molecule has 0 saturated carbocycles. The van der Waals surface area contributed by atoms with Crippen molar-refractivity contribution >= 4 is 17.5 Å². The summed E-state index contributed by atoms with van der Waals surface area (Å²) >= 11 is 0. The van der Waals surface area contributed by atoms with Gasteiger partial charge in [0.1, 0.15) is 16.9 Å².